The van der Waals surface area contributed by atoms with E-state index in [2.05, 4.69) is 10.6 Å². The van der Waals surface area contributed by atoms with Crippen molar-refractivity contribution in [3.8, 4) is 16.9 Å². The van der Waals surface area contributed by atoms with Crippen LogP contribution in [0, 0.1) is 10.1 Å². The van der Waals surface area contributed by atoms with Gasteiger partial charge in [0.15, 0.2) is 0 Å². The van der Waals surface area contributed by atoms with Gasteiger partial charge < -0.3 is 15.1 Å². The second kappa shape index (κ2) is 11.7. The molecule has 5 rings (SSSR count). The Hall–Kier alpha value is -5.77. The number of rotatable bonds is 9. The number of furan rings is 1. The van der Waals surface area contributed by atoms with E-state index in [1.807, 2.05) is 30.3 Å². The highest BCUT2D eigenvalue weighted by molar-refractivity contribution is 6.05. The zero-order valence-corrected chi connectivity index (χ0v) is 21.1. The van der Waals surface area contributed by atoms with Crippen molar-refractivity contribution in [3.05, 3.63) is 142 Å². The summed E-state index contributed by atoms with van der Waals surface area (Å²) in [4.78, 5) is 37.0. The van der Waals surface area contributed by atoms with Crippen LogP contribution in [0.15, 0.2) is 120 Å². The van der Waals surface area contributed by atoms with E-state index in [-0.39, 0.29) is 17.9 Å². The van der Waals surface area contributed by atoms with E-state index >= 15 is 0 Å². The number of nitrogens with zero attached hydrogens (tertiary/aromatic N) is 3. The monoisotopic (exact) mass is 533 g/mol. The van der Waals surface area contributed by atoms with Gasteiger partial charge in [0.25, 0.3) is 17.5 Å². The van der Waals surface area contributed by atoms with Crippen LogP contribution >= 0.6 is 0 Å². The van der Waals surface area contributed by atoms with Gasteiger partial charge in [-0.25, -0.2) is 4.68 Å². The van der Waals surface area contributed by atoms with Gasteiger partial charge in [0.1, 0.15) is 17.2 Å². The number of amides is 2. The molecule has 10 nitrogen and oxygen atoms in total. The highest BCUT2D eigenvalue weighted by Crippen LogP contribution is 2.27. The lowest BCUT2D eigenvalue weighted by molar-refractivity contribution is -0.384. The minimum atomic E-state index is -0.539. The standard InChI is InChI=1S/C30H23N5O5/c36-29(22-8-3-1-4-9-22)32-27(30(37)31-19-26-12-7-17-40-26)18-23-20-34(24-10-5-2-6-11-24)33-28(23)21-13-15-25(16-14-21)35(38)39/h1-18,20H,19H2,(H,31,37)(H,32,36). The van der Waals surface area contributed by atoms with Crippen LogP contribution < -0.4 is 10.6 Å². The summed E-state index contributed by atoms with van der Waals surface area (Å²) in [6.45, 7) is 0.114. The summed E-state index contributed by atoms with van der Waals surface area (Å²) < 4.78 is 6.94. The third kappa shape index (κ3) is 6.03. The lowest BCUT2D eigenvalue weighted by atomic mass is 10.1. The minimum Gasteiger partial charge on any atom is -0.467 e. The molecule has 2 N–H and O–H groups in total. The van der Waals surface area contributed by atoms with Crippen LogP contribution in [0.25, 0.3) is 23.0 Å². The summed E-state index contributed by atoms with van der Waals surface area (Å²) in [7, 11) is 0. The topological polar surface area (TPSA) is 132 Å². The van der Waals surface area contributed by atoms with E-state index in [1.165, 1.54) is 24.5 Å². The fourth-order valence-corrected chi connectivity index (χ4v) is 3.94. The number of carbonyl (C=O) groups is 2. The number of carbonyl (C=O) groups excluding carboxylic acids is 2. The fraction of sp³-hybridized carbons (Fsp3) is 0.0333. The van der Waals surface area contributed by atoms with Crippen molar-refractivity contribution in [2.45, 2.75) is 6.54 Å². The van der Waals surface area contributed by atoms with Gasteiger partial charge in [-0.05, 0) is 54.6 Å². The number of nitro benzene ring substituents is 1. The molecular weight excluding hydrogens is 510 g/mol. The van der Waals surface area contributed by atoms with Gasteiger partial charge in [-0.3, -0.25) is 19.7 Å². The Morgan fingerprint density at radius 1 is 0.925 bits per heavy atom. The number of nitro groups is 1. The predicted octanol–water partition coefficient (Wildman–Crippen LogP) is 5.13. The molecule has 3 aromatic carbocycles. The average Bonchev–Trinajstić information content (AvgIpc) is 3.67. The number of hydrogen-bond donors (Lipinski definition) is 2. The molecule has 40 heavy (non-hydrogen) atoms. The first-order chi connectivity index (χ1) is 19.5. The Kier molecular flexibility index (Phi) is 7.59. The van der Waals surface area contributed by atoms with E-state index < -0.39 is 16.7 Å². The smallest absolute Gasteiger partial charge is 0.269 e. The van der Waals surface area contributed by atoms with Gasteiger partial charge in [0.2, 0.25) is 0 Å². The van der Waals surface area contributed by atoms with Crippen LogP contribution in [-0.4, -0.2) is 26.5 Å². The van der Waals surface area contributed by atoms with Crippen molar-refractivity contribution in [1.82, 2.24) is 20.4 Å². The Balaban J connectivity index is 1.56. The summed E-state index contributed by atoms with van der Waals surface area (Å²) in [5.74, 6) is -0.458. The summed E-state index contributed by atoms with van der Waals surface area (Å²) in [6, 6.07) is 27.3. The number of hydrogen-bond acceptors (Lipinski definition) is 6. The molecule has 0 aliphatic rings. The normalized spacial score (nSPS) is 11.2. The van der Waals surface area contributed by atoms with Crippen molar-refractivity contribution < 1.29 is 18.9 Å². The van der Waals surface area contributed by atoms with Crippen LogP contribution in [0.5, 0.6) is 0 Å². The third-order valence-corrected chi connectivity index (χ3v) is 5.95. The molecule has 0 radical (unpaired) electrons. The molecule has 10 heteroatoms. The number of benzene rings is 3. The molecule has 0 spiro atoms. The van der Waals surface area contributed by atoms with Crippen molar-refractivity contribution in [2.24, 2.45) is 0 Å². The highest BCUT2D eigenvalue weighted by Gasteiger charge is 2.19. The van der Waals surface area contributed by atoms with Gasteiger partial charge in [0.05, 0.1) is 23.4 Å². The first-order valence-electron chi connectivity index (χ1n) is 12.3. The third-order valence-electron chi connectivity index (χ3n) is 5.95. The average molecular weight is 534 g/mol. The van der Waals surface area contributed by atoms with Crippen LogP contribution in [0.2, 0.25) is 0 Å². The molecule has 2 amide bonds. The van der Waals surface area contributed by atoms with Crippen LogP contribution in [-0.2, 0) is 11.3 Å². The Bertz CT molecular complexity index is 1660. The number of para-hydroxylation sites is 1. The molecule has 0 aliphatic heterocycles. The fourth-order valence-electron chi connectivity index (χ4n) is 3.94. The van der Waals surface area contributed by atoms with E-state index in [1.54, 1.807) is 65.5 Å². The maximum absolute atomic E-state index is 13.3. The molecule has 0 atom stereocenters. The van der Waals surface area contributed by atoms with E-state index in [0.29, 0.717) is 28.1 Å². The predicted molar refractivity (Wildman–Crippen MR) is 148 cm³/mol. The second-order valence-electron chi connectivity index (χ2n) is 8.66. The lowest BCUT2D eigenvalue weighted by Crippen LogP contribution is -2.34. The van der Waals surface area contributed by atoms with Crippen LogP contribution in [0.3, 0.4) is 0 Å². The zero-order chi connectivity index (χ0) is 27.9. The maximum atomic E-state index is 13.3. The summed E-state index contributed by atoms with van der Waals surface area (Å²) >= 11 is 0. The van der Waals surface area contributed by atoms with Crippen molar-refractivity contribution in [1.29, 1.82) is 0 Å². The Labute approximate surface area is 228 Å². The Morgan fingerprint density at radius 3 is 2.27 bits per heavy atom. The quantitative estimate of drug-likeness (QED) is 0.153. The van der Waals surface area contributed by atoms with Crippen molar-refractivity contribution in [2.75, 3.05) is 0 Å². The van der Waals surface area contributed by atoms with E-state index in [9.17, 15) is 19.7 Å². The van der Waals surface area contributed by atoms with Gasteiger partial charge in [0, 0.05) is 35.0 Å². The number of aromatic nitrogens is 2. The second-order valence-corrected chi connectivity index (χ2v) is 8.66. The number of nitrogens with one attached hydrogen (secondary N) is 2. The van der Waals surface area contributed by atoms with Crippen LogP contribution in [0.4, 0.5) is 5.69 Å². The molecule has 198 valence electrons. The number of non-ortho nitro benzene ring substituents is 1. The van der Waals surface area contributed by atoms with Gasteiger partial charge in [-0.1, -0.05) is 36.4 Å². The lowest BCUT2D eigenvalue weighted by Gasteiger charge is -2.11. The molecule has 0 bridgehead atoms. The minimum absolute atomic E-state index is 0.0174. The molecule has 2 heterocycles. The molecule has 0 saturated carbocycles. The molecule has 5 aromatic rings. The first-order valence-corrected chi connectivity index (χ1v) is 12.3. The summed E-state index contributed by atoms with van der Waals surface area (Å²) in [5.41, 5.74) is 2.63. The highest BCUT2D eigenvalue weighted by atomic mass is 16.6. The summed E-state index contributed by atoms with van der Waals surface area (Å²) in [6.07, 6.45) is 4.76. The van der Waals surface area contributed by atoms with E-state index in [4.69, 9.17) is 9.52 Å². The first kappa shape index (κ1) is 25.9. The molecule has 0 fully saturated rings. The van der Waals surface area contributed by atoms with Crippen molar-refractivity contribution in [3.63, 3.8) is 0 Å². The molecule has 0 saturated heterocycles. The van der Waals surface area contributed by atoms with Crippen LogP contribution in [0.1, 0.15) is 21.7 Å². The summed E-state index contributed by atoms with van der Waals surface area (Å²) in [5, 5.41) is 21.4. The van der Waals surface area contributed by atoms with Gasteiger partial charge in [-0.15, -0.1) is 0 Å². The molecular formula is C30H23N5O5. The molecule has 2 aromatic heterocycles. The van der Waals surface area contributed by atoms with Gasteiger partial charge >= 0.3 is 0 Å². The molecule has 0 aliphatic carbocycles. The molecule has 0 unspecified atom stereocenters. The van der Waals surface area contributed by atoms with E-state index in [0.717, 1.165) is 5.69 Å². The maximum Gasteiger partial charge on any atom is 0.269 e. The largest absolute Gasteiger partial charge is 0.467 e. The van der Waals surface area contributed by atoms with Crippen molar-refractivity contribution >= 4 is 23.6 Å². The Morgan fingerprint density at radius 2 is 1.62 bits per heavy atom. The van der Waals surface area contributed by atoms with Gasteiger partial charge in [-0.2, -0.15) is 5.10 Å². The SMILES string of the molecule is O=C(NCc1ccco1)C(=Cc1cn(-c2ccccc2)nc1-c1ccc([N+](=O)[O-])cc1)NC(=O)c1ccccc1. The zero-order valence-electron chi connectivity index (χ0n) is 21.1.